The number of nitrogen functional groups attached to an aromatic ring is 1. The normalized spacial score (nSPS) is 10.8. The molecule has 0 fully saturated rings. The van der Waals surface area contributed by atoms with Gasteiger partial charge in [-0.1, -0.05) is 28.3 Å². The SMILES string of the molecule is COCc1cc(CSc2nnc(N)s2)no1. The van der Waals surface area contributed by atoms with Crippen molar-refractivity contribution in [3.63, 3.8) is 0 Å². The lowest BCUT2D eigenvalue weighted by atomic mass is 10.4. The molecule has 0 aliphatic heterocycles. The van der Waals surface area contributed by atoms with Crippen LogP contribution in [0.5, 0.6) is 0 Å². The molecule has 0 unspecified atom stereocenters. The number of nitrogens with two attached hydrogens (primary N) is 1. The van der Waals surface area contributed by atoms with E-state index in [0.29, 0.717) is 17.5 Å². The lowest BCUT2D eigenvalue weighted by Gasteiger charge is -1.90. The smallest absolute Gasteiger partial charge is 0.203 e. The monoisotopic (exact) mass is 258 g/mol. The highest BCUT2D eigenvalue weighted by molar-refractivity contribution is 8.00. The lowest BCUT2D eigenvalue weighted by Crippen LogP contribution is -1.82. The summed E-state index contributed by atoms with van der Waals surface area (Å²) in [6.45, 7) is 0.434. The zero-order valence-corrected chi connectivity index (χ0v) is 10.2. The Morgan fingerprint density at radius 1 is 1.56 bits per heavy atom. The minimum Gasteiger partial charge on any atom is -0.377 e. The zero-order valence-electron chi connectivity index (χ0n) is 8.54. The topological polar surface area (TPSA) is 87.1 Å². The summed E-state index contributed by atoms with van der Waals surface area (Å²) in [7, 11) is 1.61. The van der Waals surface area contributed by atoms with E-state index in [4.69, 9.17) is 15.0 Å². The summed E-state index contributed by atoms with van der Waals surface area (Å²) in [5, 5.41) is 12.0. The van der Waals surface area contributed by atoms with E-state index in [9.17, 15) is 0 Å². The molecule has 0 bridgehead atoms. The van der Waals surface area contributed by atoms with E-state index in [-0.39, 0.29) is 0 Å². The van der Waals surface area contributed by atoms with Crippen molar-refractivity contribution < 1.29 is 9.26 Å². The van der Waals surface area contributed by atoms with Crippen molar-refractivity contribution in [2.45, 2.75) is 16.7 Å². The summed E-state index contributed by atoms with van der Waals surface area (Å²) in [5.74, 6) is 1.40. The van der Waals surface area contributed by atoms with Gasteiger partial charge in [-0.3, -0.25) is 0 Å². The first-order valence-corrected chi connectivity index (χ1v) is 6.23. The van der Waals surface area contributed by atoms with Crippen molar-refractivity contribution in [1.29, 1.82) is 0 Å². The van der Waals surface area contributed by atoms with E-state index in [0.717, 1.165) is 15.8 Å². The molecule has 2 heterocycles. The van der Waals surface area contributed by atoms with Crippen LogP contribution in [0.1, 0.15) is 11.5 Å². The Bertz CT molecular complexity index is 456. The molecule has 0 aromatic carbocycles. The Balaban J connectivity index is 1.89. The number of methoxy groups -OCH3 is 1. The fraction of sp³-hybridized carbons (Fsp3) is 0.375. The van der Waals surface area contributed by atoms with Crippen LogP contribution in [0, 0.1) is 0 Å². The standard InChI is InChI=1S/C8H10N4O2S2/c1-13-3-6-2-5(12-14-6)4-15-8-11-10-7(9)16-8/h2H,3-4H2,1H3,(H2,9,10). The second-order valence-electron chi connectivity index (χ2n) is 2.91. The number of ether oxygens (including phenoxy) is 1. The largest absolute Gasteiger partial charge is 0.377 e. The molecule has 16 heavy (non-hydrogen) atoms. The number of hydrogen-bond acceptors (Lipinski definition) is 8. The van der Waals surface area contributed by atoms with E-state index in [1.54, 1.807) is 7.11 Å². The van der Waals surface area contributed by atoms with Gasteiger partial charge in [0, 0.05) is 18.9 Å². The van der Waals surface area contributed by atoms with E-state index < -0.39 is 0 Å². The molecule has 2 aromatic heterocycles. The summed E-state index contributed by atoms with van der Waals surface area (Å²) >= 11 is 2.89. The molecule has 8 heteroatoms. The van der Waals surface area contributed by atoms with Crippen LogP contribution in [-0.2, 0) is 17.1 Å². The third kappa shape index (κ3) is 2.94. The molecule has 0 atom stereocenters. The van der Waals surface area contributed by atoms with E-state index >= 15 is 0 Å². The first-order valence-electron chi connectivity index (χ1n) is 4.43. The van der Waals surface area contributed by atoms with E-state index in [2.05, 4.69) is 15.4 Å². The molecule has 0 spiro atoms. The molecule has 0 saturated carbocycles. The predicted molar refractivity (Wildman–Crippen MR) is 61.1 cm³/mol. The molecule has 2 aromatic rings. The van der Waals surface area contributed by atoms with Gasteiger partial charge < -0.3 is 15.0 Å². The van der Waals surface area contributed by atoms with Crippen LogP contribution in [-0.4, -0.2) is 22.5 Å². The molecule has 2 rings (SSSR count). The first kappa shape index (κ1) is 11.4. The molecule has 0 aliphatic carbocycles. The molecule has 2 N–H and O–H groups in total. The van der Waals surface area contributed by atoms with Crippen LogP contribution >= 0.6 is 23.1 Å². The van der Waals surface area contributed by atoms with Gasteiger partial charge >= 0.3 is 0 Å². The third-order valence-electron chi connectivity index (χ3n) is 1.66. The molecule has 0 radical (unpaired) electrons. The molecule has 0 aliphatic rings. The Morgan fingerprint density at radius 2 is 2.44 bits per heavy atom. The Morgan fingerprint density at radius 3 is 3.12 bits per heavy atom. The average Bonchev–Trinajstić information content (AvgIpc) is 2.85. The summed E-state index contributed by atoms with van der Waals surface area (Å²) in [5.41, 5.74) is 6.32. The number of nitrogens with zero attached hydrogens (tertiary/aromatic N) is 3. The number of aromatic nitrogens is 3. The van der Waals surface area contributed by atoms with Gasteiger partial charge in [-0.15, -0.1) is 10.2 Å². The quantitative estimate of drug-likeness (QED) is 0.814. The number of hydrogen-bond donors (Lipinski definition) is 1. The zero-order chi connectivity index (χ0) is 11.4. The van der Waals surface area contributed by atoms with Crippen molar-refractivity contribution in [3.05, 3.63) is 17.5 Å². The minimum absolute atomic E-state index is 0.434. The van der Waals surface area contributed by atoms with Crippen LogP contribution in [0.3, 0.4) is 0 Å². The minimum atomic E-state index is 0.434. The fourth-order valence-electron chi connectivity index (χ4n) is 1.05. The lowest BCUT2D eigenvalue weighted by molar-refractivity contribution is 0.156. The van der Waals surface area contributed by atoms with Crippen molar-refractivity contribution in [2.75, 3.05) is 12.8 Å². The van der Waals surface area contributed by atoms with Crippen LogP contribution in [0.4, 0.5) is 5.13 Å². The summed E-state index contributed by atoms with van der Waals surface area (Å²) in [6, 6.07) is 1.86. The summed E-state index contributed by atoms with van der Waals surface area (Å²) in [4.78, 5) is 0. The van der Waals surface area contributed by atoms with Crippen molar-refractivity contribution in [2.24, 2.45) is 0 Å². The Hall–Kier alpha value is -1.12. The maximum absolute atomic E-state index is 5.47. The molecular formula is C8H10N4O2S2. The fourth-order valence-corrected chi connectivity index (χ4v) is 2.57. The van der Waals surface area contributed by atoms with Gasteiger partial charge in [-0.05, 0) is 0 Å². The number of thioether (sulfide) groups is 1. The highest BCUT2D eigenvalue weighted by Crippen LogP contribution is 2.26. The molecular weight excluding hydrogens is 248 g/mol. The highest BCUT2D eigenvalue weighted by Gasteiger charge is 2.07. The average molecular weight is 258 g/mol. The maximum atomic E-state index is 5.47. The molecule has 86 valence electrons. The molecule has 6 nitrogen and oxygen atoms in total. The number of rotatable bonds is 5. The van der Waals surface area contributed by atoms with Crippen LogP contribution < -0.4 is 5.73 Å². The van der Waals surface area contributed by atoms with Crippen LogP contribution in [0.25, 0.3) is 0 Å². The van der Waals surface area contributed by atoms with E-state index in [1.165, 1.54) is 23.1 Å². The van der Waals surface area contributed by atoms with Gasteiger partial charge in [0.1, 0.15) is 6.61 Å². The second kappa shape index (κ2) is 5.28. The predicted octanol–water partition coefficient (Wildman–Crippen LogP) is 1.55. The van der Waals surface area contributed by atoms with Crippen molar-refractivity contribution in [3.8, 4) is 0 Å². The highest BCUT2D eigenvalue weighted by atomic mass is 32.2. The van der Waals surface area contributed by atoms with Gasteiger partial charge in [0.15, 0.2) is 10.1 Å². The Labute approximate surface area is 100 Å². The third-order valence-corrected chi connectivity index (χ3v) is 3.58. The van der Waals surface area contributed by atoms with Gasteiger partial charge in [-0.25, -0.2) is 0 Å². The second-order valence-corrected chi connectivity index (χ2v) is 5.14. The summed E-state index contributed by atoms with van der Waals surface area (Å²) in [6.07, 6.45) is 0. The number of anilines is 1. The van der Waals surface area contributed by atoms with Gasteiger partial charge in [0.05, 0.1) is 5.69 Å². The van der Waals surface area contributed by atoms with Crippen molar-refractivity contribution >= 4 is 28.2 Å². The van der Waals surface area contributed by atoms with Crippen LogP contribution in [0.2, 0.25) is 0 Å². The van der Waals surface area contributed by atoms with Gasteiger partial charge in [0.2, 0.25) is 5.13 Å². The molecule has 0 amide bonds. The molecule has 0 saturated heterocycles. The van der Waals surface area contributed by atoms with Gasteiger partial charge in [0.25, 0.3) is 0 Å². The summed E-state index contributed by atoms with van der Waals surface area (Å²) < 4.78 is 10.8. The van der Waals surface area contributed by atoms with Crippen molar-refractivity contribution in [1.82, 2.24) is 15.4 Å². The van der Waals surface area contributed by atoms with Crippen LogP contribution in [0.15, 0.2) is 14.9 Å². The maximum Gasteiger partial charge on any atom is 0.203 e. The van der Waals surface area contributed by atoms with Gasteiger partial charge in [-0.2, -0.15) is 0 Å². The van der Waals surface area contributed by atoms with E-state index in [1.807, 2.05) is 6.07 Å². The first-order chi connectivity index (χ1) is 7.78. The Kier molecular flexibility index (Phi) is 3.75.